The molecule has 0 radical (unpaired) electrons. The summed E-state index contributed by atoms with van der Waals surface area (Å²) in [7, 11) is 3.27. The van der Waals surface area contributed by atoms with Crippen molar-refractivity contribution in [2.75, 3.05) is 14.2 Å². The van der Waals surface area contributed by atoms with Crippen LogP contribution in [-0.4, -0.2) is 42.1 Å². The molecule has 3 rings (SSSR count). The van der Waals surface area contributed by atoms with Gasteiger partial charge in [-0.2, -0.15) is 0 Å². The summed E-state index contributed by atoms with van der Waals surface area (Å²) in [4.78, 5) is 21.2. The van der Waals surface area contributed by atoms with Crippen LogP contribution in [0.2, 0.25) is 0 Å². The van der Waals surface area contributed by atoms with E-state index in [0.717, 1.165) is 30.4 Å². The van der Waals surface area contributed by atoms with Gasteiger partial charge in [0, 0.05) is 25.6 Å². The number of carbonyl (C=O) groups is 1. The summed E-state index contributed by atoms with van der Waals surface area (Å²) in [5, 5.41) is 9.60. The Kier molecular flexibility index (Phi) is 5.26. The van der Waals surface area contributed by atoms with Crippen molar-refractivity contribution in [3.05, 3.63) is 28.6 Å². The molecule has 0 unspecified atom stereocenters. The number of aliphatic hydroxyl groups is 1. The van der Waals surface area contributed by atoms with Crippen LogP contribution in [0, 0.1) is 5.92 Å². The molecule has 0 saturated heterocycles. The SMILES string of the molecule is COC1=NCc2cc(CC(=O)C[C@@H]3CCC[C@H]3OC)nc(CO)c21. The number of hydrogen-bond donors (Lipinski definition) is 1. The van der Waals surface area contributed by atoms with E-state index in [1.165, 1.54) is 0 Å². The normalized spacial score (nSPS) is 22.4. The maximum atomic E-state index is 12.4. The standard InChI is InChI=1S/C18H24N2O4/c1-23-16-5-3-4-11(16)7-14(22)8-13-6-12-9-19-18(24-2)17(12)15(10-21)20-13/h6,11,16,21H,3-5,7-10H2,1-2H3/t11-,16+/m0/s1. The lowest BCUT2D eigenvalue weighted by Gasteiger charge is -2.17. The van der Waals surface area contributed by atoms with Crippen molar-refractivity contribution in [3.8, 4) is 0 Å². The van der Waals surface area contributed by atoms with Gasteiger partial charge in [-0.25, -0.2) is 4.99 Å². The average Bonchev–Trinajstić information content (AvgIpc) is 3.19. The maximum Gasteiger partial charge on any atom is 0.218 e. The topological polar surface area (TPSA) is 81.0 Å². The van der Waals surface area contributed by atoms with Crippen molar-refractivity contribution in [2.45, 2.75) is 51.4 Å². The molecule has 1 saturated carbocycles. The second-order valence-corrected chi connectivity index (χ2v) is 6.46. The predicted molar refractivity (Wildman–Crippen MR) is 88.9 cm³/mol. The Bertz CT molecular complexity index is 657. The second-order valence-electron chi connectivity index (χ2n) is 6.46. The highest BCUT2D eigenvalue weighted by atomic mass is 16.5. The molecule has 1 aromatic rings. The molecular weight excluding hydrogens is 308 g/mol. The Morgan fingerprint density at radius 2 is 2.21 bits per heavy atom. The largest absolute Gasteiger partial charge is 0.481 e. The summed E-state index contributed by atoms with van der Waals surface area (Å²) in [6, 6.07) is 1.91. The third-order valence-corrected chi connectivity index (χ3v) is 4.94. The molecule has 130 valence electrons. The molecule has 0 aromatic carbocycles. The summed E-state index contributed by atoms with van der Waals surface area (Å²) in [5.41, 5.74) is 2.96. The fraction of sp³-hybridized carbons (Fsp3) is 0.611. The van der Waals surface area contributed by atoms with Gasteiger partial charge in [0.2, 0.25) is 5.90 Å². The fourth-order valence-electron chi connectivity index (χ4n) is 3.83. The number of pyridine rings is 1. The highest BCUT2D eigenvalue weighted by Crippen LogP contribution is 2.31. The van der Waals surface area contributed by atoms with Crippen molar-refractivity contribution in [2.24, 2.45) is 10.9 Å². The number of Topliss-reactive ketones (excluding diaryl/α,β-unsaturated/α-hetero) is 1. The molecule has 6 heteroatoms. The number of methoxy groups -OCH3 is 2. The summed E-state index contributed by atoms with van der Waals surface area (Å²) in [5.74, 6) is 0.997. The van der Waals surface area contributed by atoms with E-state index < -0.39 is 0 Å². The number of hydrogen-bond acceptors (Lipinski definition) is 6. The van der Waals surface area contributed by atoms with Gasteiger partial charge in [0.15, 0.2) is 0 Å². The van der Waals surface area contributed by atoms with Crippen molar-refractivity contribution in [3.63, 3.8) is 0 Å². The first-order valence-corrected chi connectivity index (χ1v) is 8.42. The number of ketones is 1. The Hall–Kier alpha value is -1.79. The zero-order valence-corrected chi connectivity index (χ0v) is 14.2. The second kappa shape index (κ2) is 7.40. The molecule has 6 nitrogen and oxygen atoms in total. The monoisotopic (exact) mass is 332 g/mol. The quantitative estimate of drug-likeness (QED) is 0.859. The highest BCUT2D eigenvalue weighted by molar-refractivity contribution is 5.98. The molecule has 2 atom stereocenters. The fourth-order valence-corrected chi connectivity index (χ4v) is 3.83. The Morgan fingerprint density at radius 3 is 2.92 bits per heavy atom. The van der Waals surface area contributed by atoms with Crippen LogP contribution in [-0.2, 0) is 33.8 Å². The number of carbonyl (C=O) groups excluding carboxylic acids is 1. The van der Waals surface area contributed by atoms with Crippen molar-refractivity contribution in [1.29, 1.82) is 0 Å². The smallest absolute Gasteiger partial charge is 0.218 e. The first-order chi connectivity index (χ1) is 11.7. The van der Waals surface area contributed by atoms with E-state index in [2.05, 4.69) is 9.98 Å². The molecule has 2 heterocycles. The number of rotatable bonds is 6. The van der Waals surface area contributed by atoms with E-state index in [1.54, 1.807) is 14.2 Å². The summed E-state index contributed by atoms with van der Waals surface area (Å²) < 4.78 is 10.7. The molecule has 24 heavy (non-hydrogen) atoms. The summed E-state index contributed by atoms with van der Waals surface area (Å²) in [6.07, 6.45) is 4.24. The van der Waals surface area contributed by atoms with E-state index in [-0.39, 0.29) is 24.9 Å². The van der Waals surface area contributed by atoms with Gasteiger partial charge in [-0.15, -0.1) is 0 Å². The molecule has 1 aliphatic carbocycles. The van der Waals surface area contributed by atoms with Crippen LogP contribution in [0.5, 0.6) is 0 Å². The molecule has 2 aliphatic rings. The van der Waals surface area contributed by atoms with Crippen LogP contribution in [0.1, 0.15) is 48.2 Å². The van der Waals surface area contributed by atoms with Gasteiger partial charge in [-0.05, 0) is 30.4 Å². The average molecular weight is 332 g/mol. The Balaban J connectivity index is 1.71. The Morgan fingerprint density at radius 1 is 1.38 bits per heavy atom. The van der Waals surface area contributed by atoms with Gasteiger partial charge in [-0.1, -0.05) is 6.42 Å². The van der Waals surface area contributed by atoms with Crippen LogP contribution in [0.25, 0.3) is 0 Å². The zero-order valence-electron chi connectivity index (χ0n) is 14.2. The number of fused-ring (bicyclic) bond motifs is 1. The first-order valence-electron chi connectivity index (χ1n) is 8.42. The van der Waals surface area contributed by atoms with Crippen molar-refractivity contribution < 1.29 is 19.4 Å². The maximum absolute atomic E-state index is 12.4. The summed E-state index contributed by atoms with van der Waals surface area (Å²) in [6.45, 7) is 0.310. The first kappa shape index (κ1) is 17.0. The molecule has 1 aromatic heterocycles. The van der Waals surface area contributed by atoms with E-state index in [9.17, 15) is 9.90 Å². The van der Waals surface area contributed by atoms with E-state index in [1.807, 2.05) is 6.07 Å². The molecule has 1 aliphatic heterocycles. The third-order valence-electron chi connectivity index (χ3n) is 4.94. The molecule has 1 fully saturated rings. The summed E-state index contributed by atoms with van der Waals surface area (Å²) >= 11 is 0. The highest BCUT2D eigenvalue weighted by Gasteiger charge is 2.29. The zero-order chi connectivity index (χ0) is 17.1. The number of aliphatic imine (C=N–C) groups is 1. The molecule has 0 bridgehead atoms. The molecular formula is C18H24N2O4. The van der Waals surface area contributed by atoms with Crippen LogP contribution >= 0.6 is 0 Å². The van der Waals surface area contributed by atoms with Gasteiger partial charge in [0.05, 0.1) is 37.6 Å². The van der Waals surface area contributed by atoms with Crippen LogP contribution in [0.3, 0.4) is 0 Å². The van der Waals surface area contributed by atoms with Crippen LogP contribution in [0.4, 0.5) is 0 Å². The number of ether oxygens (including phenoxy) is 2. The predicted octanol–water partition coefficient (Wildman–Crippen LogP) is 1.80. The lowest BCUT2D eigenvalue weighted by atomic mass is 9.96. The van der Waals surface area contributed by atoms with Crippen LogP contribution < -0.4 is 0 Å². The molecule has 1 N–H and O–H groups in total. The lowest BCUT2D eigenvalue weighted by molar-refractivity contribution is -0.120. The van der Waals surface area contributed by atoms with E-state index >= 15 is 0 Å². The van der Waals surface area contributed by atoms with Crippen molar-refractivity contribution >= 4 is 11.7 Å². The minimum absolute atomic E-state index is 0.172. The Labute approximate surface area is 141 Å². The minimum atomic E-state index is -0.193. The van der Waals surface area contributed by atoms with Gasteiger partial charge < -0.3 is 14.6 Å². The van der Waals surface area contributed by atoms with Crippen LogP contribution in [0.15, 0.2) is 11.1 Å². The minimum Gasteiger partial charge on any atom is -0.481 e. The lowest BCUT2D eigenvalue weighted by Crippen LogP contribution is -2.21. The number of nitrogens with zero attached hydrogens (tertiary/aromatic N) is 2. The van der Waals surface area contributed by atoms with Gasteiger partial charge in [0.25, 0.3) is 0 Å². The van der Waals surface area contributed by atoms with E-state index in [4.69, 9.17) is 9.47 Å². The number of aromatic nitrogens is 1. The van der Waals surface area contributed by atoms with Gasteiger partial charge in [0.1, 0.15) is 5.78 Å². The van der Waals surface area contributed by atoms with Gasteiger partial charge in [-0.3, -0.25) is 9.78 Å². The van der Waals surface area contributed by atoms with Gasteiger partial charge >= 0.3 is 0 Å². The molecule has 0 amide bonds. The van der Waals surface area contributed by atoms with Crippen molar-refractivity contribution in [1.82, 2.24) is 4.98 Å². The number of aliphatic hydroxyl groups excluding tert-OH is 1. The third kappa shape index (κ3) is 3.35. The molecule has 0 spiro atoms. The van der Waals surface area contributed by atoms with E-state index in [0.29, 0.717) is 36.2 Å².